The van der Waals surface area contributed by atoms with Crippen LogP contribution in [0.1, 0.15) is 25.6 Å². The quantitative estimate of drug-likeness (QED) is 0.861. The fraction of sp³-hybridized carbons (Fsp3) is 0.375. The molecule has 0 amide bonds. The lowest BCUT2D eigenvalue weighted by molar-refractivity contribution is 0.321. The molecule has 0 fully saturated rings. The summed E-state index contributed by atoms with van der Waals surface area (Å²) in [6, 6.07) is 9.64. The number of hydrogen-bond donors (Lipinski definition) is 0. The normalized spacial score (nSPS) is 13.8. The standard InChI is InChI=1S/C16H18N2O2/c1-2-20-15-14(12-8-4-3-5-9-12)16(19)18-11-7-6-10-13(18)17-15/h3-5,8-9H,2,6-7,10-11H2,1H3. The highest BCUT2D eigenvalue weighted by molar-refractivity contribution is 5.67. The summed E-state index contributed by atoms with van der Waals surface area (Å²) < 4.78 is 7.41. The Balaban J connectivity index is 2.23. The predicted octanol–water partition coefficient (Wildman–Crippen LogP) is 2.65. The van der Waals surface area contributed by atoms with Crippen molar-refractivity contribution in [2.75, 3.05) is 6.61 Å². The van der Waals surface area contributed by atoms with Crippen molar-refractivity contribution >= 4 is 0 Å². The summed E-state index contributed by atoms with van der Waals surface area (Å²) in [5.41, 5.74) is 1.47. The van der Waals surface area contributed by atoms with Gasteiger partial charge in [-0.25, -0.2) is 0 Å². The molecule has 0 unspecified atom stereocenters. The summed E-state index contributed by atoms with van der Waals surface area (Å²) in [5.74, 6) is 1.32. The molecule has 2 aromatic rings. The van der Waals surface area contributed by atoms with Crippen LogP contribution in [0.5, 0.6) is 5.88 Å². The van der Waals surface area contributed by atoms with Crippen LogP contribution in [0, 0.1) is 0 Å². The summed E-state index contributed by atoms with van der Waals surface area (Å²) in [5, 5.41) is 0. The highest BCUT2D eigenvalue weighted by atomic mass is 16.5. The summed E-state index contributed by atoms with van der Waals surface area (Å²) in [7, 11) is 0. The molecule has 3 rings (SSSR count). The first-order valence-electron chi connectivity index (χ1n) is 7.13. The van der Waals surface area contributed by atoms with Crippen LogP contribution in [0.15, 0.2) is 35.1 Å². The van der Waals surface area contributed by atoms with Crippen molar-refractivity contribution < 1.29 is 4.74 Å². The molecule has 0 N–H and O–H groups in total. The van der Waals surface area contributed by atoms with Gasteiger partial charge in [0.05, 0.1) is 6.61 Å². The molecule has 1 aliphatic rings. The summed E-state index contributed by atoms with van der Waals surface area (Å²) in [4.78, 5) is 17.3. The van der Waals surface area contributed by atoms with Crippen molar-refractivity contribution in [2.24, 2.45) is 0 Å². The van der Waals surface area contributed by atoms with Crippen LogP contribution in [-0.4, -0.2) is 16.2 Å². The second-order valence-electron chi connectivity index (χ2n) is 4.92. The number of nitrogens with zero attached hydrogens (tertiary/aromatic N) is 2. The molecule has 1 aromatic carbocycles. The molecule has 1 aromatic heterocycles. The van der Waals surface area contributed by atoms with E-state index in [1.165, 1.54) is 0 Å². The molecular formula is C16H18N2O2. The van der Waals surface area contributed by atoms with Gasteiger partial charge in [-0.2, -0.15) is 4.98 Å². The van der Waals surface area contributed by atoms with Gasteiger partial charge in [-0.3, -0.25) is 9.36 Å². The summed E-state index contributed by atoms with van der Waals surface area (Å²) in [6.07, 6.45) is 2.98. The summed E-state index contributed by atoms with van der Waals surface area (Å²) in [6.45, 7) is 3.18. The van der Waals surface area contributed by atoms with E-state index in [1.807, 2.05) is 37.3 Å². The Morgan fingerprint density at radius 1 is 1.25 bits per heavy atom. The van der Waals surface area contributed by atoms with E-state index in [0.29, 0.717) is 18.1 Å². The Labute approximate surface area is 118 Å². The second kappa shape index (κ2) is 5.49. The Hall–Kier alpha value is -2.10. The maximum atomic E-state index is 12.8. The van der Waals surface area contributed by atoms with Gasteiger partial charge in [0.25, 0.3) is 5.56 Å². The van der Waals surface area contributed by atoms with E-state index in [2.05, 4.69) is 4.98 Å². The minimum atomic E-state index is 0.0179. The predicted molar refractivity (Wildman–Crippen MR) is 78.0 cm³/mol. The van der Waals surface area contributed by atoms with Crippen LogP contribution < -0.4 is 10.3 Å². The minimum absolute atomic E-state index is 0.0179. The highest BCUT2D eigenvalue weighted by Gasteiger charge is 2.20. The molecule has 0 saturated carbocycles. The van der Waals surface area contributed by atoms with Crippen LogP contribution >= 0.6 is 0 Å². The van der Waals surface area contributed by atoms with Gasteiger partial charge in [-0.15, -0.1) is 0 Å². The van der Waals surface area contributed by atoms with Crippen LogP contribution in [0.2, 0.25) is 0 Å². The average Bonchev–Trinajstić information content (AvgIpc) is 2.49. The van der Waals surface area contributed by atoms with Crippen LogP contribution in [0.3, 0.4) is 0 Å². The van der Waals surface area contributed by atoms with Crippen LogP contribution in [0.4, 0.5) is 0 Å². The third-order valence-corrected chi connectivity index (χ3v) is 3.59. The number of rotatable bonds is 3. The zero-order valence-electron chi connectivity index (χ0n) is 11.6. The lowest BCUT2D eigenvalue weighted by Gasteiger charge is -2.20. The molecular weight excluding hydrogens is 252 g/mol. The number of ether oxygens (including phenoxy) is 1. The molecule has 0 radical (unpaired) electrons. The molecule has 2 heterocycles. The highest BCUT2D eigenvalue weighted by Crippen LogP contribution is 2.26. The fourth-order valence-corrected chi connectivity index (χ4v) is 2.64. The largest absolute Gasteiger partial charge is 0.477 e. The SMILES string of the molecule is CCOc1nc2n(c(=O)c1-c1ccccc1)CCCC2. The van der Waals surface area contributed by atoms with E-state index in [1.54, 1.807) is 4.57 Å². The second-order valence-corrected chi connectivity index (χ2v) is 4.92. The van der Waals surface area contributed by atoms with Gasteiger partial charge in [0.1, 0.15) is 11.4 Å². The monoisotopic (exact) mass is 270 g/mol. The van der Waals surface area contributed by atoms with Gasteiger partial charge in [0.15, 0.2) is 0 Å². The minimum Gasteiger partial charge on any atom is -0.477 e. The van der Waals surface area contributed by atoms with Gasteiger partial charge in [0, 0.05) is 13.0 Å². The lowest BCUT2D eigenvalue weighted by Crippen LogP contribution is -2.30. The first-order valence-corrected chi connectivity index (χ1v) is 7.13. The van der Waals surface area contributed by atoms with Gasteiger partial charge >= 0.3 is 0 Å². The number of benzene rings is 1. The maximum absolute atomic E-state index is 12.8. The lowest BCUT2D eigenvalue weighted by atomic mass is 10.1. The van der Waals surface area contributed by atoms with Gasteiger partial charge in [-0.05, 0) is 25.3 Å². The van der Waals surface area contributed by atoms with E-state index in [-0.39, 0.29) is 5.56 Å². The van der Waals surface area contributed by atoms with Crippen molar-refractivity contribution in [3.05, 3.63) is 46.5 Å². The van der Waals surface area contributed by atoms with Crippen molar-refractivity contribution in [3.8, 4) is 17.0 Å². The maximum Gasteiger partial charge on any atom is 0.265 e. The van der Waals surface area contributed by atoms with Crippen molar-refractivity contribution in [3.63, 3.8) is 0 Å². The smallest absolute Gasteiger partial charge is 0.265 e. The third-order valence-electron chi connectivity index (χ3n) is 3.59. The first-order chi connectivity index (χ1) is 9.81. The zero-order valence-corrected chi connectivity index (χ0v) is 11.6. The summed E-state index contributed by atoms with van der Waals surface area (Å²) >= 11 is 0. The fourth-order valence-electron chi connectivity index (χ4n) is 2.64. The number of fused-ring (bicyclic) bond motifs is 1. The van der Waals surface area contributed by atoms with E-state index in [9.17, 15) is 4.79 Å². The molecule has 20 heavy (non-hydrogen) atoms. The van der Waals surface area contributed by atoms with Crippen molar-refractivity contribution in [1.82, 2.24) is 9.55 Å². The van der Waals surface area contributed by atoms with Gasteiger partial charge in [0.2, 0.25) is 5.88 Å². The molecule has 0 aliphatic carbocycles. The van der Waals surface area contributed by atoms with E-state index < -0.39 is 0 Å². The molecule has 0 atom stereocenters. The Kier molecular flexibility index (Phi) is 3.54. The van der Waals surface area contributed by atoms with Gasteiger partial charge < -0.3 is 4.74 Å². The Morgan fingerprint density at radius 3 is 2.80 bits per heavy atom. The molecule has 0 spiro atoms. The number of hydrogen-bond acceptors (Lipinski definition) is 3. The third kappa shape index (κ3) is 2.22. The van der Waals surface area contributed by atoms with E-state index in [0.717, 1.165) is 37.2 Å². The van der Waals surface area contributed by atoms with Crippen molar-refractivity contribution in [1.29, 1.82) is 0 Å². The Morgan fingerprint density at radius 2 is 2.05 bits per heavy atom. The molecule has 4 nitrogen and oxygen atoms in total. The molecule has 1 aliphatic heterocycles. The van der Waals surface area contributed by atoms with Crippen LogP contribution in [-0.2, 0) is 13.0 Å². The molecule has 0 bridgehead atoms. The molecule has 0 saturated heterocycles. The average molecular weight is 270 g/mol. The van der Waals surface area contributed by atoms with E-state index in [4.69, 9.17) is 4.74 Å². The Bertz CT molecular complexity index is 662. The van der Waals surface area contributed by atoms with E-state index >= 15 is 0 Å². The molecule has 4 heteroatoms. The number of aromatic nitrogens is 2. The molecule has 104 valence electrons. The first kappa shape index (κ1) is 12.9. The topological polar surface area (TPSA) is 44.1 Å². The van der Waals surface area contributed by atoms with Crippen LogP contribution in [0.25, 0.3) is 11.1 Å². The zero-order chi connectivity index (χ0) is 13.9. The van der Waals surface area contributed by atoms with Gasteiger partial charge in [-0.1, -0.05) is 30.3 Å². The van der Waals surface area contributed by atoms with Crippen molar-refractivity contribution in [2.45, 2.75) is 32.7 Å². The number of aryl methyl sites for hydroxylation is 1.